The van der Waals surface area contributed by atoms with Crippen molar-refractivity contribution < 1.29 is 14.6 Å². The summed E-state index contributed by atoms with van der Waals surface area (Å²) in [6.07, 6.45) is 9.32. The fraction of sp³-hybridized carbons (Fsp3) is 0.423. The lowest BCUT2D eigenvalue weighted by Gasteiger charge is -2.34. The number of unbranched alkanes of at least 4 members (excludes halogenated alkanes) is 1. The van der Waals surface area contributed by atoms with Crippen LogP contribution in [0.1, 0.15) is 68.9 Å². The number of carbonyl (C=O) groups excluding carboxylic acids is 1. The molecule has 0 amide bonds. The summed E-state index contributed by atoms with van der Waals surface area (Å²) in [6.45, 7) is 2.05. The maximum atomic E-state index is 13.1. The minimum atomic E-state index is -1.59. The van der Waals surface area contributed by atoms with Gasteiger partial charge in [-0.2, -0.15) is 0 Å². The highest BCUT2D eigenvalue weighted by molar-refractivity contribution is 5.83. The Bertz CT molecular complexity index is 784. The van der Waals surface area contributed by atoms with Gasteiger partial charge >= 0.3 is 5.97 Å². The Hall–Kier alpha value is -2.39. The van der Waals surface area contributed by atoms with Crippen LogP contribution in [0.3, 0.4) is 0 Å². The van der Waals surface area contributed by atoms with Crippen molar-refractivity contribution in [3.63, 3.8) is 0 Å². The van der Waals surface area contributed by atoms with E-state index in [0.717, 1.165) is 44.1 Å². The molecular weight excluding hydrogens is 360 g/mol. The SMILES string of the molecule is CCCC[C@@](O)(C=Cc1ccccc1)C(=O)O[C@@H]1CCCC[C@H]1c1ccccc1. The van der Waals surface area contributed by atoms with E-state index in [1.807, 2.05) is 54.6 Å². The zero-order valence-corrected chi connectivity index (χ0v) is 17.3. The van der Waals surface area contributed by atoms with Crippen LogP contribution in [0.15, 0.2) is 66.7 Å². The van der Waals surface area contributed by atoms with Crippen molar-refractivity contribution in [2.24, 2.45) is 0 Å². The number of carbonyl (C=O) groups is 1. The highest BCUT2D eigenvalue weighted by Gasteiger charge is 2.38. The third kappa shape index (κ3) is 5.80. The van der Waals surface area contributed by atoms with Crippen molar-refractivity contribution in [2.45, 2.75) is 69.5 Å². The summed E-state index contributed by atoms with van der Waals surface area (Å²) in [5.41, 5.74) is 0.571. The molecule has 0 bridgehead atoms. The van der Waals surface area contributed by atoms with Gasteiger partial charge in [-0.15, -0.1) is 0 Å². The molecule has 1 N–H and O–H groups in total. The van der Waals surface area contributed by atoms with E-state index in [9.17, 15) is 9.90 Å². The Morgan fingerprint density at radius 3 is 2.41 bits per heavy atom. The molecule has 3 atom stereocenters. The zero-order chi connectivity index (χ0) is 20.5. The van der Waals surface area contributed by atoms with E-state index in [4.69, 9.17) is 4.74 Å². The number of ether oxygens (including phenoxy) is 1. The van der Waals surface area contributed by atoms with Gasteiger partial charge in [0.25, 0.3) is 0 Å². The maximum Gasteiger partial charge on any atom is 0.342 e. The van der Waals surface area contributed by atoms with Crippen molar-refractivity contribution in [1.29, 1.82) is 0 Å². The van der Waals surface area contributed by atoms with Gasteiger partial charge in [0.15, 0.2) is 5.60 Å². The number of esters is 1. The van der Waals surface area contributed by atoms with Crippen LogP contribution in [-0.4, -0.2) is 22.8 Å². The van der Waals surface area contributed by atoms with Crippen molar-refractivity contribution in [3.05, 3.63) is 77.9 Å². The first-order chi connectivity index (χ1) is 14.1. The van der Waals surface area contributed by atoms with E-state index in [-0.39, 0.29) is 12.0 Å². The zero-order valence-electron chi connectivity index (χ0n) is 17.3. The molecule has 1 saturated carbocycles. The molecule has 2 aromatic carbocycles. The molecule has 154 valence electrons. The molecule has 1 fully saturated rings. The van der Waals surface area contributed by atoms with Gasteiger partial charge in [0.1, 0.15) is 6.10 Å². The fourth-order valence-corrected chi connectivity index (χ4v) is 4.06. The molecule has 2 aromatic rings. The highest BCUT2D eigenvalue weighted by Crippen LogP contribution is 2.36. The second-order valence-corrected chi connectivity index (χ2v) is 8.02. The lowest BCUT2D eigenvalue weighted by Crippen LogP contribution is -2.42. The van der Waals surface area contributed by atoms with E-state index >= 15 is 0 Å². The molecule has 29 heavy (non-hydrogen) atoms. The largest absolute Gasteiger partial charge is 0.459 e. The standard InChI is InChI=1S/C26H32O3/c1-2-3-19-26(28,20-18-21-12-6-4-7-13-21)25(27)29-24-17-11-10-16-23(24)22-14-8-5-9-15-22/h4-9,12-15,18,20,23-24,28H,2-3,10-11,16-17,19H2,1H3/t23-,24+,26+/m0/s1. The lowest BCUT2D eigenvalue weighted by atomic mass is 9.81. The van der Waals surface area contributed by atoms with Crippen LogP contribution in [0, 0.1) is 0 Å². The molecule has 3 heteroatoms. The molecule has 1 aliphatic carbocycles. The van der Waals surface area contributed by atoms with E-state index in [1.165, 1.54) is 5.56 Å². The third-order valence-corrected chi connectivity index (χ3v) is 5.80. The monoisotopic (exact) mass is 392 g/mol. The lowest BCUT2D eigenvalue weighted by molar-refractivity contribution is -0.169. The van der Waals surface area contributed by atoms with E-state index in [2.05, 4.69) is 19.1 Å². The predicted molar refractivity (Wildman–Crippen MR) is 117 cm³/mol. The highest BCUT2D eigenvalue weighted by atomic mass is 16.6. The normalized spacial score (nSPS) is 21.6. The molecule has 0 aliphatic heterocycles. The second-order valence-electron chi connectivity index (χ2n) is 8.02. The van der Waals surface area contributed by atoms with Crippen LogP contribution < -0.4 is 0 Å². The van der Waals surface area contributed by atoms with Crippen LogP contribution >= 0.6 is 0 Å². The number of hydrogen-bond donors (Lipinski definition) is 1. The fourth-order valence-electron chi connectivity index (χ4n) is 4.06. The Morgan fingerprint density at radius 2 is 1.72 bits per heavy atom. The Kier molecular flexibility index (Phi) is 7.65. The first kappa shape index (κ1) is 21.3. The predicted octanol–water partition coefficient (Wildman–Crippen LogP) is 5.89. The molecule has 0 heterocycles. The Balaban J connectivity index is 1.76. The summed E-state index contributed by atoms with van der Waals surface area (Å²) in [4.78, 5) is 13.1. The molecule has 0 saturated heterocycles. The van der Waals surface area contributed by atoms with Gasteiger partial charge in [-0.1, -0.05) is 86.5 Å². The molecular formula is C26H32O3. The average molecular weight is 393 g/mol. The maximum absolute atomic E-state index is 13.1. The molecule has 0 radical (unpaired) electrons. The van der Waals surface area contributed by atoms with Gasteiger partial charge in [-0.3, -0.25) is 0 Å². The van der Waals surface area contributed by atoms with Gasteiger partial charge < -0.3 is 9.84 Å². The van der Waals surface area contributed by atoms with Crippen LogP contribution in [0.4, 0.5) is 0 Å². The van der Waals surface area contributed by atoms with Crippen molar-refractivity contribution >= 4 is 12.0 Å². The second kappa shape index (κ2) is 10.4. The van der Waals surface area contributed by atoms with E-state index in [1.54, 1.807) is 6.08 Å². The van der Waals surface area contributed by atoms with Gasteiger partial charge in [-0.05, 0) is 49.3 Å². The number of aliphatic hydroxyl groups is 1. The molecule has 3 rings (SSSR count). The summed E-state index contributed by atoms with van der Waals surface area (Å²) in [6, 6.07) is 20.0. The smallest absolute Gasteiger partial charge is 0.342 e. The van der Waals surface area contributed by atoms with E-state index in [0.29, 0.717) is 6.42 Å². The van der Waals surface area contributed by atoms with E-state index < -0.39 is 11.6 Å². The van der Waals surface area contributed by atoms with Gasteiger partial charge in [0, 0.05) is 5.92 Å². The minimum absolute atomic E-state index is 0.183. The molecule has 3 nitrogen and oxygen atoms in total. The first-order valence-electron chi connectivity index (χ1n) is 10.8. The Morgan fingerprint density at radius 1 is 1.07 bits per heavy atom. The molecule has 0 spiro atoms. The average Bonchev–Trinajstić information content (AvgIpc) is 2.78. The van der Waals surface area contributed by atoms with Gasteiger partial charge in [-0.25, -0.2) is 4.79 Å². The van der Waals surface area contributed by atoms with Crippen molar-refractivity contribution in [2.75, 3.05) is 0 Å². The van der Waals surface area contributed by atoms with Gasteiger partial charge in [0.2, 0.25) is 0 Å². The quantitative estimate of drug-likeness (QED) is 0.570. The van der Waals surface area contributed by atoms with Crippen molar-refractivity contribution in [1.82, 2.24) is 0 Å². The summed E-state index contributed by atoms with van der Waals surface area (Å²) in [5, 5.41) is 11.2. The summed E-state index contributed by atoms with van der Waals surface area (Å²) >= 11 is 0. The van der Waals surface area contributed by atoms with Crippen LogP contribution in [0.2, 0.25) is 0 Å². The first-order valence-corrected chi connectivity index (χ1v) is 10.8. The topological polar surface area (TPSA) is 46.5 Å². The summed E-state index contributed by atoms with van der Waals surface area (Å²) in [7, 11) is 0. The van der Waals surface area contributed by atoms with Crippen LogP contribution in [0.5, 0.6) is 0 Å². The number of rotatable bonds is 8. The van der Waals surface area contributed by atoms with Crippen LogP contribution in [0.25, 0.3) is 6.08 Å². The minimum Gasteiger partial charge on any atom is -0.459 e. The summed E-state index contributed by atoms with van der Waals surface area (Å²) < 4.78 is 5.97. The number of benzene rings is 2. The molecule has 1 aliphatic rings. The Labute approximate surface area is 174 Å². The van der Waals surface area contributed by atoms with Crippen LogP contribution in [-0.2, 0) is 9.53 Å². The summed E-state index contributed by atoms with van der Waals surface area (Å²) in [5.74, 6) is -0.326. The third-order valence-electron chi connectivity index (χ3n) is 5.80. The van der Waals surface area contributed by atoms with Crippen molar-refractivity contribution in [3.8, 4) is 0 Å². The van der Waals surface area contributed by atoms with Gasteiger partial charge in [0.05, 0.1) is 0 Å². The molecule has 0 aromatic heterocycles. The molecule has 0 unspecified atom stereocenters. The number of hydrogen-bond acceptors (Lipinski definition) is 3.